The number of hydrogen-bond acceptors (Lipinski definition) is 7. The summed E-state index contributed by atoms with van der Waals surface area (Å²) in [5, 5.41) is 0. The van der Waals surface area contributed by atoms with Crippen molar-refractivity contribution in [2.75, 3.05) is 11.5 Å². The molecule has 0 saturated carbocycles. The molecule has 0 spiro atoms. The fourth-order valence-corrected chi connectivity index (χ4v) is 3.55. The number of esters is 1. The summed E-state index contributed by atoms with van der Waals surface area (Å²) in [6.45, 7) is 15.8. The topological polar surface area (TPSA) is 113 Å². The molecule has 4 rings (SSSR count). The molecule has 2 aromatic heterocycles. The van der Waals surface area contributed by atoms with E-state index in [0.717, 1.165) is 17.0 Å². The molecule has 4 heterocycles. The summed E-state index contributed by atoms with van der Waals surface area (Å²) >= 11 is 0. The Morgan fingerprint density at radius 3 is 1.80 bits per heavy atom. The number of rotatable bonds is 0. The van der Waals surface area contributed by atoms with Gasteiger partial charge in [-0.2, -0.15) is 0 Å². The van der Waals surface area contributed by atoms with Crippen LogP contribution in [0.1, 0.15) is 80.7 Å². The van der Waals surface area contributed by atoms with Gasteiger partial charge in [0.2, 0.25) is 0 Å². The molecule has 0 saturated heterocycles. The normalized spacial score (nSPS) is 23.1. The van der Waals surface area contributed by atoms with Gasteiger partial charge in [-0.15, -0.1) is 0 Å². The Balaban J connectivity index is 0.000000171. The number of anilines is 2. The number of cyclic esters (lactones) is 1. The molecule has 0 fully saturated rings. The van der Waals surface area contributed by atoms with Crippen molar-refractivity contribution in [1.82, 2.24) is 9.97 Å². The predicted octanol–water partition coefficient (Wildman–Crippen LogP) is 4.26. The van der Waals surface area contributed by atoms with E-state index in [4.69, 9.17) is 20.9 Å². The lowest BCUT2D eigenvalue weighted by molar-refractivity contribution is -0.0189. The highest BCUT2D eigenvalue weighted by Crippen LogP contribution is 2.42. The Labute approximate surface area is 177 Å². The third kappa shape index (κ3) is 3.84. The van der Waals surface area contributed by atoms with Gasteiger partial charge in [-0.25, -0.2) is 14.8 Å². The zero-order chi connectivity index (χ0) is 22.4. The van der Waals surface area contributed by atoms with Crippen molar-refractivity contribution in [1.29, 1.82) is 0 Å². The zero-order valence-corrected chi connectivity index (χ0v) is 18.4. The van der Waals surface area contributed by atoms with E-state index in [1.807, 2.05) is 40.7 Å². The number of carbonyl (C=O) groups excluding carboxylic acids is 1. The standard InChI is InChI=1S/C12H16N2O.C11H14N2O2/c1-7-11-9(5-6-10(13)14-11)8(2)15-12(7,3)4;1-6-9-7(4-5-8(12)13-9)10(14)15-11(6,2)3/h5-7H,2H2,1,3-4H3,(H2,13,14);4-6H,1-3H3,(H2,12,13)/t7-;6-/m01/s1. The summed E-state index contributed by atoms with van der Waals surface area (Å²) in [5.41, 5.74) is 13.7. The molecule has 0 aromatic carbocycles. The second-order valence-corrected chi connectivity index (χ2v) is 8.90. The van der Waals surface area contributed by atoms with Crippen LogP contribution >= 0.6 is 0 Å². The first-order chi connectivity index (χ1) is 13.8. The number of fused-ring (bicyclic) bond motifs is 2. The van der Waals surface area contributed by atoms with Crippen LogP contribution in [0.5, 0.6) is 0 Å². The lowest BCUT2D eigenvalue weighted by Crippen LogP contribution is -2.39. The van der Waals surface area contributed by atoms with E-state index < -0.39 is 5.60 Å². The monoisotopic (exact) mass is 410 g/mol. The second kappa shape index (κ2) is 7.31. The van der Waals surface area contributed by atoms with E-state index in [1.54, 1.807) is 18.2 Å². The van der Waals surface area contributed by atoms with Crippen molar-refractivity contribution in [3.63, 3.8) is 0 Å². The average molecular weight is 411 g/mol. The molecule has 30 heavy (non-hydrogen) atoms. The highest BCUT2D eigenvalue weighted by Gasteiger charge is 2.40. The minimum Gasteiger partial charge on any atom is -0.487 e. The van der Waals surface area contributed by atoms with Crippen LogP contribution in [-0.4, -0.2) is 27.1 Å². The number of pyridine rings is 2. The summed E-state index contributed by atoms with van der Waals surface area (Å²) in [4.78, 5) is 20.3. The summed E-state index contributed by atoms with van der Waals surface area (Å²) < 4.78 is 11.1. The molecule has 2 aliphatic rings. The highest BCUT2D eigenvalue weighted by molar-refractivity contribution is 5.92. The number of aromatic nitrogens is 2. The largest absolute Gasteiger partial charge is 0.487 e. The molecular weight excluding hydrogens is 380 g/mol. The minimum absolute atomic E-state index is 0.0497. The second-order valence-electron chi connectivity index (χ2n) is 8.90. The van der Waals surface area contributed by atoms with Gasteiger partial charge in [0.1, 0.15) is 28.6 Å². The number of nitrogens with two attached hydrogens (primary N) is 2. The summed E-state index contributed by atoms with van der Waals surface area (Å²) in [7, 11) is 0. The SMILES string of the molecule is C=C1OC(C)(C)[C@@H](C)c2nc(N)ccc21.C[C@@H]1c2nc(N)ccc2C(=O)OC1(C)C. The number of ether oxygens (including phenoxy) is 2. The van der Waals surface area contributed by atoms with Crippen molar-refractivity contribution in [3.8, 4) is 0 Å². The van der Waals surface area contributed by atoms with Crippen LogP contribution in [0.4, 0.5) is 11.6 Å². The van der Waals surface area contributed by atoms with Crippen LogP contribution < -0.4 is 11.5 Å². The van der Waals surface area contributed by atoms with Crippen molar-refractivity contribution < 1.29 is 14.3 Å². The fraction of sp³-hybridized carbons (Fsp3) is 0.435. The fourth-order valence-electron chi connectivity index (χ4n) is 3.55. The molecule has 0 aliphatic carbocycles. The van der Waals surface area contributed by atoms with E-state index in [2.05, 4.69) is 23.5 Å². The molecule has 7 nitrogen and oxygen atoms in total. The van der Waals surface area contributed by atoms with Gasteiger partial charge < -0.3 is 20.9 Å². The quantitative estimate of drug-likeness (QED) is 0.624. The molecule has 160 valence electrons. The maximum Gasteiger partial charge on any atom is 0.340 e. The van der Waals surface area contributed by atoms with Gasteiger partial charge in [-0.05, 0) is 52.0 Å². The Hall–Kier alpha value is -3.09. The Bertz CT molecular complexity index is 932. The maximum atomic E-state index is 11.7. The molecule has 0 radical (unpaired) electrons. The average Bonchev–Trinajstić information content (AvgIpc) is 2.64. The van der Waals surface area contributed by atoms with Crippen LogP contribution in [0.2, 0.25) is 0 Å². The molecule has 2 aliphatic heterocycles. The van der Waals surface area contributed by atoms with Gasteiger partial charge in [-0.3, -0.25) is 0 Å². The van der Waals surface area contributed by atoms with E-state index in [9.17, 15) is 4.79 Å². The molecule has 7 heteroatoms. The lowest BCUT2D eigenvalue weighted by atomic mass is 9.84. The first-order valence-corrected chi connectivity index (χ1v) is 9.98. The van der Waals surface area contributed by atoms with E-state index in [-0.39, 0.29) is 23.4 Å². The van der Waals surface area contributed by atoms with Crippen molar-refractivity contribution in [3.05, 3.63) is 53.4 Å². The third-order valence-electron chi connectivity index (χ3n) is 6.06. The predicted molar refractivity (Wildman–Crippen MR) is 118 cm³/mol. The minimum atomic E-state index is -0.523. The highest BCUT2D eigenvalue weighted by atomic mass is 16.6. The van der Waals surface area contributed by atoms with Gasteiger partial charge in [0.05, 0.1) is 17.0 Å². The number of hydrogen-bond donors (Lipinski definition) is 2. The summed E-state index contributed by atoms with van der Waals surface area (Å²) in [6, 6.07) is 6.99. The lowest BCUT2D eigenvalue weighted by Gasteiger charge is -2.38. The Morgan fingerprint density at radius 2 is 1.27 bits per heavy atom. The van der Waals surface area contributed by atoms with Gasteiger partial charge in [0.15, 0.2) is 0 Å². The first kappa shape index (κ1) is 21.6. The molecule has 2 atom stereocenters. The van der Waals surface area contributed by atoms with E-state index >= 15 is 0 Å². The van der Waals surface area contributed by atoms with Gasteiger partial charge in [0.25, 0.3) is 0 Å². The van der Waals surface area contributed by atoms with Crippen LogP contribution in [0.3, 0.4) is 0 Å². The molecule has 0 amide bonds. The van der Waals surface area contributed by atoms with E-state index in [1.165, 1.54) is 0 Å². The number of nitrogen functional groups attached to an aromatic ring is 2. The van der Waals surface area contributed by atoms with Crippen LogP contribution in [-0.2, 0) is 9.47 Å². The van der Waals surface area contributed by atoms with Gasteiger partial charge in [-0.1, -0.05) is 20.4 Å². The van der Waals surface area contributed by atoms with Crippen LogP contribution in [0, 0.1) is 0 Å². The van der Waals surface area contributed by atoms with Crippen LogP contribution in [0.25, 0.3) is 5.76 Å². The summed E-state index contributed by atoms with van der Waals surface area (Å²) in [5.74, 6) is 1.61. The number of nitrogens with zero attached hydrogens (tertiary/aromatic N) is 2. The van der Waals surface area contributed by atoms with Gasteiger partial charge >= 0.3 is 5.97 Å². The van der Waals surface area contributed by atoms with Gasteiger partial charge in [0, 0.05) is 17.4 Å². The Morgan fingerprint density at radius 1 is 0.833 bits per heavy atom. The first-order valence-electron chi connectivity index (χ1n) is 9.98. The number of carbonyl (C=O) groups is 1. The van der Waals surface area contributed by atoms with Crippen LogP contribution in [0.15, 0.2) is 30.8 Å². The molecule has 0 bridgehead atoms. The molecule has 4 N–H and O–H groups in total. The Kier molecular flexibility index (Phi) is 5.26. The summed E-state index contributed by atoms with van der Waals surface area (Å²) in [6.07, 6.45) is 0. The molecule has 0 unspecified atom stereocenters. The maximum absolute atomic E-state index is 11.7. The van der Waals surface area contributed by atoms with Crippen molar-refractivity contribution >= 4 is 23.4 Å². The zero-order valence-electron chi connectivity index (χ0n) is 18.4. The third-order valence-corrected chi connectivity index (χ3v) is 6.06. The molecule has 2 aromatic rings. The van der Waals surface area contributed by atoms with Crippen molar-refractivity contribution in [2.45, 2.75) is 64.6 Å². The smallest absolute Gasteiger partial charge is 0.340 e. The van der Waals surface area contributed by atoms with Crippen molar-refractivity contribution in [2.24, 2.45) is 0 Å². The molecular formula is C23H30N4O3. The van der Waals surface area contributed by atoms with E-state index in [0.29, 0.717) is 23.0 Å².